The molecule has 0 saturated carbocycles. The molecule has 5 nitrogen and oxygen atoms in total. The third-order valence-electron chi connectivity index (χ3n) is 3.69. The molecule has 1 aliphatic rings. The number of carbonyl (C=O) groups excluding carboxylic acids is 2. The number of Topliss-reactive ketones (excluding diaryl/α,β-unsaturated/α-hetero) is 1. The van der Waals surface area contributed by atoms with E-state index in [0.29, 0.717) is 28.0 Å². The average molecular weight is 389 g/mol. The summed E-state index contributed by atoms with van der Waals surface area (Å²) in [5, 5.41) is 3.30. The van der Waals surface area contributed by atoms with E-state index in [1.165, 1.54) is 11.8 Å². The molecule has 134 valence electrons. The predicted octanol–water partition coefficient (Wildman–Crippen LogP) is 4.23. The van der Waals surface area contributed by atoms with Gasteiger partial charge in [0.1, 0.15) is 5.75 Å². The van der Waals surface area contributed by atoms with Crippen LogP contribution in [-0.2, 0) is 4.79 Å². The van der Waals surface area contributed by atoms with Gasteiger partial charge >= 0.3 is 0 Å². The molecule has 0 bridgehead atoms. The molecule has 26 heavy (non-hydrogen) atoms. The van der Waals surface area contributed by atoms with Crippen molar-refractivity contribution in [3.8, 4) is 5.75 Å². The van der Waals surface area contributed by atoms with Gasteiger partial charge < -0.3 is 10.1 Å². The van der Waals surface area contributed by atoms with E-state index in [2.05, 4.69) is 10.3 Å². The number of aliphatic imine (C=N–C) groups is 1. The van der Waals surface area contributed by atoms with Crippen LogP contribution in [0.4, 0.5) is 5.69 Å². The lowest BCUT2D eigenvalue weighted by molar-refractivity contribution is -0.118. The Kier molecular flexibility index (Phi) is 5.96. The number of nitrogens with zero attached hydrogens (tertiary/aromatic N) is 1. The van der Waals surface area contributed by atoms with Gasteiger partial charge in [-0.15, -0.1) is 0 Å². The van der Waals surface area contributed by atoms with E-state index < -0.39 is 5.25 Å². The van der Waals surface area contributed by atoms with Crippen LogP contribution in [-0.4, -0.2) is 28.7 Å². The van der Waals surface area contributed by atoms with E-state index in [-0.39, 0.29) is 18.1 Å². The van der Waals surface area contributed by atoms with Crippen LogP contribution in [0.1, 0.15) is 23.7 Å². The SMILES string of the molecule is CCOc1ccc(N=C2NC(=O)C(CC(=O)c3ccc(Cl)cc3)S2)cc1. The second-order valence-electron chi connectivity index (χ2n) is 5.57. The molecule has 1 saturated heterocycles. The number of amidine groups is 1. The van der Waals surface area contributed by atoms with Crippen LogP contribution in [0.5, 0.6) is 5.75 Å². The molecular weight excluding hydrogens is 372 g/mol. The Morgan fingerprint density at radius 3 is 2.54 bits per heavy atom. The van der Waals surface area contributed by atoms with E-state index in [1.807, 2.05) is 31.2 Å². The maximum absolute atomic E-state index is 12.3. The smallest absolute Gasteiger partial charge is 0.240 e. The quantitative estimate of drug-likeness (QED) is 0.752. The molecule has 1 aliphatic heterocycles. The Bertz CT molecular complexity index is 835. The maximum atomic E-state index is 12.3. The van der Waals surface area contributed by atoms with E-state index >= 15 is 0 Å². The van der Waals surface area contributed by atoms with Crippen LogP contribution < -0.4 is 10.1 Å². The van der Waals surface area contributed by atoms with Crippen LogP contribution in [0.25, 0.3) is 0 Å². The normalized spacial score (nSPS) is 18.0. The minimum Gasteiger partial charge on any atom is -0.494 e. The van der Waals surface area contributed by atoms with Gasteiger partial charge in [0.15, 0.2) is 11.0 Å². The summed E-state index contributed by atoms with van der Waals surface area (Å²) in [6.07, 6.45) is 0.112. The number of hydrogen-bond donors (Lipinski definition) is 1. The highest BCUT2D eigenvalue weighted by Gasteiger charge is 2.32. The maximum Gasteiger partial charge on any atom is 0.240 e. The van der Waals surface area contributed by atoms with Crippen LogP contribution >= 0.6 is 23.4 Å². The second kappa shape index (κ2) is 8.38. The van der Waals surface area contributed by atoms with Crippen molar-refractivity contribution in [1.82, 2.24) is 5.32 Å². The van der Waals surface area contributed by atoms with Gasteiger partial charge in [0.2, 0.25) is 5.91 Å². The molecule has 0 spiro atoms. The fourth-order valence-corrected chi connectivity index (χ4v) is 3.53. The van der Waals surface area contributed by atoms with Crippen LogP contribution in [0.3, 0.4) is 0 Å². The Balaban J connectivity index is 1.64. The molecular formula is C19H17ClN2O3S. The van der Waals surface area contributed by atoms with E-state index in [4.69, 9.17) is 16.3 Å². The predicted molar refractivity (Wildman–Crippen MR) is 105 cm³/mol. The lowest BCUT2D eigenvalue weighted by atomic mass is 10.1. The second-order valence-corrected chi connectivity index (χ2v) is 7.20. The number of carbonyl (C=O) groups is 2. The van der Waals surface area contributed by atoms with Crippen molar-refractivity contribution in [1.29, 1.82) is 0 Å². The molecule has 2 aromatic rings. The highest BCUT2D eigenvalue weighted by molar-refractivity contribution is 8.15. The highest BCUT2D eigenvalue weighted by atomic mass is 35.5. The van der Waals surface area contributed by atoms with Crippen LogP contribution in [0, 0.1) is 0 Å². The number of nitrogens with one attached hydrogen (secondary N) is 1. The molecule has 3 rings (SSSR count). The first-order chi connectivity index (χ1) is 12.5. The minimum atomic E-state index is -0.486. The first-order valence-electron chi connectivity index (χ1n) is 8.13. The van der Waals surface area contributed by atoms with Crippen molar-refractivity contribution in [3.05, 3.63) is 59.1 Å². The number of ketones is 1. The Labute approximate surface area is 160 Å². The first kappa shape index (κ1) is 18.5. The summed E-state index contributed by atoms with van der Waals surface area (Å²) in [5.74, 6) is 0.463. The summed E-state index contributed by atoms with van der Waals surface area (Å²) in [6, 6.07) is 13.9. The monoisotopic (exact) mass is 388 g/mol. The van der Waals surface area contributed by atoms with Gasteiger partial charge in [-0.25, -0.2) is 4.99 Å². The number of benzene rings is 2. The lowest BCUT2D eigenvalue weighted by Gasteiger charge is -2.04. The summed E-state index contributed by atoms with van der Waals surface area (Å²) in [7, 11) is 0. The molecule has 1 atom stereocenters. The van der Waals surface area contributed by atoms with E-state index in [1.54, 1.807) is 24.3 Å². The molecule has 1 fully saturated rings. The van der Waals surface area contributed by atoms with Gasteiger partial charge in [0.25, 0.3) is 0 Å². The summed E-state index contributed by atoms with van der Waals surface area (Å²) >= 11 is 7.10. The van der Waals surface area contributed by atoms with Crippen molar-refractivity contribution >= 4 is 45.9 Å². The van der Waals surface area contributed by atoms with Gasteiger partial charge in [0.05, 0.1) is 17.5 Å². The van der Waals surface area contributed by atoms with Crippen molar-refractivity contribution in [2.75, 3.05) is 6.61 Å². The van der Waals surface area contributed by atoms with Gasteiger partial charge in [-0.3, -0.25) is 9.59 Å². The molecule has 0 radical (unpaired) electrons. The highest BCUT2D eigenvalue weighted by Crippen LogP contribution is 2.27. The zero-order valence-corrected chi connectivity index (χ0v) is 15.6. The molecule has 1 heterocycles. The number of amides is 1. The third-order valence-corrected chi connectivity index (χ3v) is 5.03. The summed E-state index contributed by atoms with van der Waals surface area (Å²) < 4.78 is 5.39. The minimum absolute atomic E-state index is 0.100. The molecule has 7 heteroatoms. The van der Waals surface area contributed by atoms with Crippen LogP contribution in [0.2, 0.25) is 5.02 Å². The van der Waals surface area contributed by atoms with Gasteiger partial charge in [-0.2, -0.15) is 0 Å². The standard InChI is InChI=1S/C19H17ClN2O3S/c1-2-25-15-9-7-14(8-10-15)21-19-22-18(24)17(26-19)11-16(23)12-3-5-13(20)6-4-12/h3-10,17H,2,11H2,1H3,(H,21,22,24). The van der Waals surface area contributed by atoms with E-state index in [9.17, 15) is 9.59 Å². The van der Waals surface area contributed by atoms with E-state index in [0.717, 1.165) is 5.75 Å². The Morgan fingerprint density at radius 2 is 1.88 bits per heavy atom. The van der Waals surface area contributed by atoms with Crippen molar-refractivity contribution in [2.45, 2.75) is 18.6 Å². The Hall–Kier alpha value is -2.31. The fourth-order valence-electron chi connectivity index (χ4n) is 2.42. The molecule has 0 aromatic heterocycles. The van der Waals surface area contributed by atoms with Gasteiger partial charge in [-0.1, -0.05) is 23.4 Å². The molecule has 1 unspecified atom stereocenters. The average Bonchev–Trinajstić information content (AvgIpc) is 2.96. The number of rotatable bonds is 6. The molecule has 0 aliphatic carbocycles. The first-order valence-corrected chi connectivity index (χ1v) is 9.39. The zero-order chi connectivity index (χ0) is 18.5. The summed E-state index contributed by atoms with van der Waals surface area (Å²) in [6.45, 7) is 2.52. The topological polar surface area (TPSA) is 67.8 Å². The number of ether oxygens (including phenoxy) is 1. The van der Waals surface area contributed by atoms with Crippen molar-refractivity contribution in [2.24, 2.45) is 4.99 Å². The fraction of sp³-hybridized carbons (Fsp3) is 0.211. The number of halogens is 1. The summed E-state index contributed by atoms with van der Waals surface area (Å²) in [5.41, 5.74) is 1.25. The van der Waals surface area contributed by atoms with Crippen molar-refractivity contribution < 1.29 is 14.3 Å². The number of thioether (sulfide) groups is 1. The summed E-state index contributed by atoms with van der Waals surface area (Å²) in [4.78, 5) is 28.9. The van der Waals surface area contributed by atoms with Gasteiger partial charge in [0, 0.05) is 17.0 Å². The largest absolute Gasteiger partial charge is 0.494 e. The molecule has 2 aromatic carbocycles. The molecule has 1 amide bonds. The third kappa shape index (κ3) is 4.65. The zero-order valence-electron chi connectivity index (χ0n) is 14.1. The lowest BCUT2D eigenvalue weighted by Crippen LogP contribution is -2.26. The van der Waals surface area contributed by atoms with Crippen LogP contribution in [0.15, 0.2) is 53.5 Å². The van der Waals surface area contributed by atoms with Gasteiger partial charge in [-0.05, 0) is 55.5 Å². The van der Waals surface area contributed by atoms with Crippen molar-refractivity contribution in [3.63, 3.8) is 0 Å². The Morgan fingerprint density at radius 1 is 1.19 bits per heavy atom. The number of hydrogen-bond acceptors (Lipinski definition) is 5. The molecule has 1 N–H and O–H groups in total.